The first-order chi connectivity index (χ1) is 8.90. The second-order valence-corrected chi connectivity index (χ2v) is 6.47. The van der Waals surface area contributed by atoms with Crippen molar-refractivity contribution in [3.05, 3.63) is 12.2 Å². The van der Waals surface area contributed by atoms with Gasteiger partial charge in [0, 0.05) is 19.0 Å². The van der Waals surface area contributed by atoms with E-state index in [0.29, 0.717) is 23.8 Å². The minimum Gasteiger partial charge on any atom is -0.314 e. The summed E-state index contributed by atoms with van der Waals surface area (Å²) >= 11 is 0. The Labute approximate surface area is 118 Å². The predicted octanol–water partition coefficient (Wildman–Crippen LogP) is 2.75. The molecule has 4 heteroatoms. The molecule has 0 radical (unpaired) electrons. The van der Waals surface area contributed by atoms with E-state index in [9.17, 15) is 0 Å². The molecule has 0 aliphatic rings. The van der Waals surface area contributed by atoms with Gasteiger partial charge in [-0.1, -0.05) is 41.5 Å². The lowest BCUT2D eigenvalue weighted by atomic mass is 9.92. The van der Waals surface area contributed by atoms with Crippen molar-refractivity contribution >= 4 is 0 Å². The summed E-state index contributed by atoms with van der Waals surface area (Å²) in [5, 5.41) is 7.84. The van der Waals surface area contributed by atoms with E-state index in [4.69, 9.17) is 0 Å². The molecule has 0 saturated carbocycles. The number of hydrogen-bond acceptors (Lipinski definition) is 3. The molecule has 1 aromatic rings. The highest BCUT2D eigenvalue weighted by atomic mass is 15.3. The molecule has 2 atom stereocenters. The third-order valence-electron chi connectivity index (χ3n) is 3.56. The highest BCUT2D eigenvalue weighted by Gasteiger charge is 2.16. The van der Waals surface area contributed by atoms with E-state index >= 15 is 0 Å². The number of nitrogens with one attached hydrogen (secondary N) is 1. The Morgan fingerprint density at radius 2 is 1.79 bits per heavy atom. The van der Waals surface area contributed by atoms with E-state index in [-0.39, 0.29) is 0 Å². The highest BCUT2D eigenvalue weighted by Crippen LogP contribution is 2.16. The minimum atomic E-state index is 0.555. The van der Waals surface area contributed by atoms with E-state index in [1.54, 1.807) is 6.33 Å². The van der Waals surface area contributed by atoms with Gasteiger partial charge in [0.05, 0.1) is 0 Å². The van der Waals surface area contributed by atoms with Crippen molar-refractivity contribution in [2.24, 2.45) is 17.8 Å². The second kappa shape index (κ2) is 7.63. The molecular weight excluding hydrogens is 236 g/mol. The smallest absolute Gasteiger partial charge is 0.138 e. The van der Waals surface area contributed by atoms with E-state index in [0.717, 1.165) is 25.3 Å². The van der Waals surface area contributed by atoms with Crippen LogP contribution < -0.4 is 5.32 Å². The quantitative estimate of drug-likeness (QED) is 0.787. The first-order valence-electron chi connectivity index (χ1n) is 7.50. The number of hydrogen-bond donors (Lipinski definition) is 1. The topological polar surface area (TPSA) is 42.7 Å². The van der Waals surface area contributed by atoms with Crippen LogP contribution in [0.2, 0.25) is 0 Å². The Morgan fingerprint density at radius 1 is 1.11 bits per heavy atom. The lowest BCUT2D eigenvalue weighted by Crippen LogP contribution is -2.31. The summed E-state index contributed by atoms with van der Waals surface area (Å²) in [6.45, 7) is 15.4. The molecule has 2 unspecified atom stereocenters. The third-order valence-corrected chi connectivity index (χ3v) is 3.56. The Bertz CT molecular complexity index is 357. The monoisotopic (exact) mass is 266 g/mol. The van der Waals surface area contributed by atoms with Crippen LogP contribution in [0.1, 0.15) is 47.4 Å². The molecule has 19 heavy (non-hydrogen) atoms. The summed E-state index contributed by atoms with van der Waals surface area (Å²) in [5.41, 5.74) is 0. The van der Waals surface area contributed by atoms with Crippen molar-refractivity contribution in [1.29, 1.82) is 0 Å². The molecule has 0 aliphatic carbocycles. The standard InChI is InChI=1S/C15H30N4/c1-11(2)9-19-15(17-10-18-19)7-13(5)14(6)8-16-12(3)4/h10-14,16H,7-9H2,1-6H3. The molecule has 0 amide bonds. The third kappa shape index (κ3) is 5.72. The summed E-state index contributed by atoms with van der Waals surface area (Å²) in [4.78, 5) is 4.42. The van der Waals surface area contributed by atoms with Gasteiger partial charge in [0.2, 0.25) is 0 Å². The lowest BCUT2D eigenvalue weighted by molar-refractivity contribution is 0.340. The molecule has 1 rings (SSSR count). The SMILES string of the molecule is CC(C)Cn1ncnc1CC(C)C(C)CNC(C)C. The Balaban J connectivity index is 2.51. The maximum absolute atomic E-state index is 4.42. The van der Waals surface area contributed by atoms with Crippen LogP contribution in [0.3, 0.4) is 0 Å². The summed E-state index contributed by atoms with van der Waals surface area (Å²) in [6, 6.07) is 0.555. The Morgan fingerprint density at radius 3 is 2.37 bits per heavy atom. The first-order valence-corrected chi connectivity index (χ1v) is 7.50. The maximum atomic E-state index is 4.42. The summed E-state index contributed by atoms with van der Waals surface area (Å²) in [6.07, 6.45) is 2.69. The lowest BCUT2D eigenvalue weighted by Gasteiger charge is -2.21. The summed E-state index contributed by atoms with van der Waals surface area (Å²) < 4.78 is 2.06. The number of nitrogens with zero attached hydrogens (tertiary/aromatic N) is 3. The molecule has 4 nitrogen and oxygen atoms in total. The average Bonchev–Trinajstić information content (AvgIpc) is 2.72. The molecule has 1 aromatic heterocycles. The molecule has 0 saturated heterocycles. The normalized spacial score (nSPS) is 15.2. The van der Waals surface area contributed by atoms with Crippen molar-refractivity contribution in [3.8, 4) is 0 Å². The maximum Gasteiger partial charge on any atom is 0.138 e. The number of aromatic nitrogens is 3. The van der Waals surface area contributed by atoms with Crippen LogP contribution in [-0.2, 0) is 13.0 Å². The van der Waals surface area contributed by atoms with Crippen molar-refractivity contribution < 1.29 is 0 Å². The fourth-order valence-electron chi connectivity index (χ4n) is 2.06. The molecule has 0 spiro atoms. The van der Waals surface area contributed by atoms with Gasteiger partial charge in [0.1, 0.15) is 12.2 Å². The fourth-order valence-corrected chi connectivity index (χ4v) is 2.06. The molecule has 0 bridgehead atoms. The van der Waals surface area contributed by atoms with Gasteiger partial charge in [-0.3, -0.25) is 0 Å². The molecule has 1 N–H and O–H groups in total. The zero-order valence-corrected chi connectivity index (χ0v) is 13.3. The summed E-state index contributed by atoms with van der Waals surface area (Å²) in [5.74, 6) is 2.99. The summed E-state index contributed by atoms with van der Waals surface area (Å²) in [7, 11) is 0. The van der Waals surface area contributed by atoms with Crippen molar-refractivity contribution in [3.63, 3.8) is 0 Å². The van der Waals surface area contributed by atoms with Crippen LogP contribution >= 0.6 is 0 Å². The first kappa shape index (κ1) is 16.2. The largest absolute Gasteiger partial charge is 0.314 e. The average molecular weight is 266 g/mol. The van der Waals surface area contributed by atoms with Crippen LogP contribution in [0.5, 0.6) is 0 Å². The van der Waals surface area contributed by atoms with Gasteiger partial charge in [0.25, 0.3) is 0 Å². The van der Waals surface area contributed by atoms with E-state index in [2.05, 4.69) is 61.6 Å². The van der Waals surface area contributed by atoms with Gasteiger partial charge in [0.15, 0.2) is 0 Å². The van der Waals surface area contributed by atoms with E-state index in [1.165, 1.54) is 0 Å². The van der Waals surface area contributed by atoms with Crippen LogP contribution in [0, 0.1) is 17.8 Å². The zero-order valence-electron chi connectivity index (χ0n) is 13.3. The Hall–Kier alpha value is -0.900. The van der Waals surface area contributed by atoms with Crippen molar-refractivity contribution in [2.45, 2.75) is 60.5 Å². The molecular formula is C15H30N4. The Kier molecular flexibility index (Phi) is 6.49. The van der Waals surface area contributed by atoms with E-state index in [1.807, 2.05) is 0 Å². The van der Waals surface area contributed by atoms with E-state index < -0.39 is 0 Å². The fraction of sp³-hybridized carbons (Fsp3) is 0.867. The molecule has 110 valence electrons. The van der Waals surface area contributed by atoms with Gasteiger partial charge < -0.3 is 5.32 Å². The van der Waals surface area contributed by atoms with Crippen molar-refractivity contribution in [2.75, 3.05) is 6.54 Å². The highest BCUT2D eigenvalue weighted by molar-refractivity contribution is 4.88. The molecule has 0 fully saturated rings. The van der Waals surface area contributed by atoms with Gasteiger partial charge in [-0.15, -0.1) is 0 Å². The molecule has 0 aromatic carbocycles. The van der Waals surface area contributed by atoms with Crippen LogP contribution in [0.4, 0.5) is 0 Å². The van der Waals surface area contributed by atoms with Crippen LogP contribution in [-0.4, -0.2) is 27.4 Å². The van der Waals surface area contributed by atoms with Gasteiger partial charge in [-0.05, 0) is 24.3 Å². The molecule has 1 heterocycles. The molecule has 0 aliphatic heterocycles. The predicted molar refractivity (Wildman–Crippen MR) is 80.0 cm³/mol. The van der Waals surface area contributed by atoms with Crippen molar-refractivity contribution in [1.82, 2.24) is 20.1 Å². The van der Waals surface area contributed by atoms with Crippen LogP contribution in [0.25, 0.3) is 0 Å². The van der Waals surface area contributed by atoms with Gasteiger partial charge in [-0.25, -0.2) is 9.67 Å². The van der Waals surface area contributed by atoms with Gasteiger partial charge in [-0.2, -0.15) is 5.10 Å². The zero-order chi connectivity index (χ0) is 14.4. The number of rotatable bonds is 8. The van der Waals surface area contributed by atoms with Crippen LogP contribution in [0.15, 0.2) is 6.33 Å². The minimum absolute atomic E-state index is 0.555. The second-order valence-electron chi connectivity index (χ2n) is 6.47. The van der Waals surface area contributed by atoms with Gasteiger partial charge >= 0.3 is 0 Å².